The summed E-state index contributed by atoms with van der Waals surface area (Å²) in [5.74, 6) is -0.163. The van der Waals surface area contributed by atoms with E-state index in [1.807, 2.05) is 19.9 Å². The molecule has 0 spiro atoms. The molecular formula is C14H16N4O. The second-order valence-electron chi connectivity index (χ2n) is 4.09. The monoisotopic (exact) mass is 256 g/mol. The minimum Gasteiger partial charge on any atom is -0.383 e. The molecule has 0 aliphatic carbocycles. The first-order valence-electron chi connectivity index (χ1n) is 6.12. The van der Waals surface area contributed by atoms with Crippen molar-refractivity contribution < 1.29 is 4.79 Å². The van der Waals surface area contributed by atoms with Crippen molar-refractivity contribution in [2.75, 3.05) is 17.2 Å². The molecule has 2 aromatic heterocycles. The van der Waals surface area contributed by atoms with Gasteiger partial charge in [0.05, 0.1) is 17.4 Å². The number of hydrogen-bond acceptors (Lipinski definition) is 4. The molecule has 0 radical (unpaired) electrons. The maximum Gasteiger partial charge on any atom is 0.257 e. The van der Waals surface area contributed by atoms with Gasteiger partial charge in [-0.05, 0) is 32.0 Å². The van der Waals surface area contributed by atoms with Gasteiger partial charge in [0.1, 0.15) is 0 Å². The second kappa shape index (κ2) is 5.95. The molecule has 0 atom stereocenters. The van der Waals surface area contributed by atoms with Crippen molar-refractivity contribution in [1.29, 1.82) is 0 Å². The number of nitrogens with one attached hydrogen (secondary N) is 2. The van der Waals surface area contributed by atoms with E-state index in [2.05, 4.69) is 20.6 Å². The molecule has 0 saturated carbocycles. The van der Waals surface area contributed by atoms with E-state index < -0.39 is 0 Å². The van der Waals surface area contributed by atoms with Gasteiger partial charge in [-0.3, -0.25) is 14.8 Å². The summed E-state index contributed by atoms with van der Waals surface area (Å²) in [6.07, 6.45) is 4.92. The van der Waals surface area contributed by atoms with E-state index in [4.69, 9.17) is 0 Å². The lowest BCUT2D eigenvalue weighted by atomic mass is 10.2. The predicted octanol–water partition coefficient (Wildman–Crippen LogP) is 2.47. The molecule has 19 heavy (non-hydrogen) atoms. The number of hydrogen-bond donors (Lipinski definition) is 2. The molecule has 2 aromatic rings. The van der Waals surface area contributed by atoms with Crippen molar-refractivity contribution in [1.82, 2.24) is 9.97 Å². The fraction of sp³-hybridized carbons (Fsp3) is 0.214. The molecule has 2 heterocycles. The highest BCUT2D eigenvalue weighted by atomic mass is 16.1. The molecule has 5 heteroatoms. The standard InChI is InChI=1S/C14H16N4O/c1-3-16-13-9-15-6-5-12(13)14(19)18-11-4-7-17-10(2)8-11/h4-9,16H,3H2,1-2H3,(H,17,18,19). The minimum absolute atomic E-state index is 0.163. The fourth-order valence-corrected chi connectivity index (χ4v) is 1.75. The highest BCUT2D eigenvalue weighted by molar-refractivity contribution is 6.07. The van der Waals surface area contributed by atoms with Gasteiger partial charge in [0.2, 0.25) is 0 Å². The molecular weight excluding hydrogens is 240 g/mol. The van der Waals surface area contributed by atoms with Crippen LogP contribution in [-0.2, 0) is 0 Å². The normalized spacial score (nSPS) is 10.0. The Morgan fingerprint density at radius 3 is 2.89 bits per heavy atom. The van der Waals surface area contributed by atoms with Crippen LogP contribution in [0.5, 0.6) is 0 Å². The number of amides is 1. The van der Waals surface area contributed by atoms with Crippen LogP contribution in [0.3, 0.4) is 0 Å². The van der Waals surface area contributed by atoms with Crippen molar-refractivity contribution in [2.24, 2.45) is 0 Å². The first-order chi connectivity index (χ1) is 9.20. The third-order valence-electron chi connectivity index (χ3n) is 2.59. The van der Waals surface area contributed by atoms with Crippen LogP contribution >= 0.6 is 0 Å². The summed E-state index contributed by atoms with van der Waals surface area (Å²) < 4.78 is 0. The lowest BCUT2D eigenvalue weighted by Gasteiger charge is -2.10. The van der Waals surface area contributed by atoms with Gasteiger partial charge >= 0.3 is 0 Å². The predicted molar refractivity (Wildman–Crippen MR) is 75.3 cm³/mol. The Morgan fingerprint density at radius 2 is 2.16 bits per heavy atom. The van der Waals surface area contributed by atoms with Gasteiger partial charge in [0.25, 0.3) is 5.91 Å². The van der Waals surface area contributed by atoms with Gasteiger partial charge in [-0.25, -0.2) is 0 Å². The second-order valence-corrected chi connectivity index (χ2v) is 4.09. The summed E-state index contributed by atoms with van der Waals surface area (Å²) in [4.78, 5) is 20.3. The van der Waals surface area contributed by atoms with Crippen LogP contribution in [0.15, 0.2) is 36.8 Å². The lowest BCUT2D eigenvalue weighted by molar-refractivity contribution is 0.102. The largest absolute Gasteiger partial charge is 0.383 e. The SMILES string of the molecule is CCNc1cnccc1C(=O)Nc1ccnc(C)c1. The highest BCUT2D eigenvalue weighted by Gasteiger charge is 2.11. The van der Waals surface area contributed by atoms with Crippen molar-refractivity contribution in [3.8, 4) is 0 Å². The van der Waals surface area contributed by atoms with Crippen molar-refractivity contribution >= 4 is 17.3 Å². The van der Waals surface area contributed by atoms with Crippen LogP contribution in [0.1, 0.15) is 23.0 Å². The number of anilines is 2. The zero-order valence-corrected chi connectivity index (χ0v) is 11.0. The van der Waals surface area contributed by atoms with Crippen molar-refractivity contribution in [3.05, 3.63) is 48.0 Å². The molecule has 0 aliphatic rings. The van der Waals surface area contributed by atoms with Crippen molar-refractivity contribution in [3.63, 3.8) is 0 Å². The van der Waals surface area contributed by atoms with E-state index in [1.165, 1.54) is 0 Å². The maximum atomic E-state index is 12.2. The quantitative estimate of drug-likeness (QED) is 0.881. The topological polar surface area (TPSA) is 66.9 Å². The maximum absolute atomic E-state index is 12.2. The smallest absolute Gasteiger partial charge is 0.257 e. The van der Waals surface area contributed by atoms with Crippen LogP contribution in [0, 0.1) is 6.92 Å². The Balaban J connectivity index is 2.20. The number of aryl methyl sites for hydroxylation is 1. The number of rotatable bonds is 4. The van der Waals surface area contributed by atoms with Crippen LogP contribution in [-0.4, -0.2) is 22.4 Å². The number of carbonyl (C=O) groups excluding carboxylic acids is 1. The van der Waals surface area contributed by atoms with Gasteiger partial charge in [-0.15, -0.1) is 0 Å². The Hall–Kier alpha value is -2.43. The molecule has 0 bridgehead atoms. The Morgan fingerprint density at radius 1 is 1.32 bits per heavy atom. The van der Waals surface area contributed by atoms with Crippen LogP contribution in [0.4, 0.5) is 11.4 Å². The Bertz CT molecular complexity index is 583. The first kappa shape index (κ1) is 13.0. The summed E-state index contributed by atoms with van der Waals surface area (Å²) in [7, 11) is 0. The highest BCUT2D eigenvalue weighted by Crippen LogP contribution is 2.16. The molecule has 98 valence electrons. The molecule has 2 rings (SSSR count). The van der Waals surface area contributed by atoms with E-state index in [0.29, 0.717) is 5.56 Å². The van der Waals surface area contributed by atoms with Crippen LogP contribution in [0.25, 0.3) is 0 Å². The molecule has 0 aliphatic heterocycles. The van der Waals surface area contributed by atoms with E-state index >= 15 is 0 Å². The molecule has 5 nitrogen and oxygen atoms in total. The summed E-state index contributed by atoms with van der Waals surface area (Å²) in [5, 5.41) is 5.97. The summed E-state index contributed by atoms with van der Waals surface area (Å²) in [6, 6.07) is 5.28. The molecule has 1 amide bonds. The fourth-order valence-electron chi connectivity index (χ4n) is 1.75. The molecule has 0 fully saturated rings. The van der Waals surface area contributed by atoms with Gasteiger partial charge in [-0.1, -0.05) is 0 Å². The summed E-state index contributed by atoms with van der Waals surface area (Å²) >= 11 is 0. The summed E-state index contributed by atoms with van der Waals surface area (Å²) in [5.41, 5.74) is 2.90. The van der Waals surface area contributed by atoms with Gasteiger partial charge in [0, 0.05) is 30.3 Å². The molecule has 0 unspecified atom stereocenters. The number of aromatic nitrogens is 2. The van der Waals surface area contributed by atoms with E-state index in [-0.39, 0.29) is 5.91 Å². The third kappa shape index (κ3) is 3.28. The average molecular weight is 256 g/mol. The van der Waals surface area contributed by atoms with Gasteiger partial charge in [0.15, 0.2) is 0 Å². The molecule has 0 aromatic carbocycles. The summed E-state index contributed by atoms with van der Waals surface area (Å²) in [6.45, 7) is 4.59. The van der Waals surface area contributed by atoms with E-state index in [9.17, 15) is 4.79 Å². The minimum atomic E-state index is -0.163. The average Bonchev–Trinajstić information content (AvgIpc) is 2.39. The molecule has 0 saturated heterocycles. The van der Waals surface area contributed by atoms with E-state index in [1.54, 1.807) is 30.7 Å². The van der Waals surface area contributed by atoms with Crippen LogP contribution in [0.2, 0.25) is 0 Å². The first-order valence-corrected chi connectivity index (χ1v) is 6.12. The van der Waals surface area contributed by atoms with Gasteiger partial charge < -0.3 is 10.6 Å². The van der Waals surface area contributed by atoms with Crippen molar-refractivity contribution in [2.45, 2.75) is 13.8 Å². The zero-order chi connectivity index (χ0) is 13.7. The number of carbonyl (C=O) groups is 1. The molecule has 2 N–H and O–H groups in total. The third-order valence-corrected chi connectivity index (χ3v) is 2.59. The number of nitrogens with zero attached hydrogens (tertiary/aromatic N) is 2. The lowest BCUT2D eigenvalue weighted by Crippen LogP contribution is -2.15. The van der Waals surface area contributed by atoms with Crippen LogP contribution < -0.4 is 10.6 Å². The number of pyridine rings is 2. The van der Waals surface area contributed by atoms with Gasteiger partial charge in [-0.2, -0.15) is 0 Å². The Kier molecular flexibility index (Phi) is 4.07. The Labute approximate surface area is 112 Å². The zero-order valence-electron chi connectivity index (χ0n) is 11.0. The van der Waals surface area contributed by atoms with E-state index in [0.717, 1.165) is 23.6 Å².